The Morgan fingerprint density at radius 2 is 1.65 bits per heavy atom. The molecule has 0 saturated carbocycles. The lowest BCUT2D eigenvalue weighted by Crippen LogP contribution is -2.41. The van der Waals surface area contributed by atoms with Crippen molar-refractivity contribution in [2.45, 2.75) is 6.92 Å². The molecule has 10 nitrogen and oxygen atoms in total. The quantitative estimate of drug-likeness (QED) is 0.702. The first-order valence-corrected chi connectivity index (χ1v) is 7.53. The summed E-state index contributed by atoms with van der Waals surface area (Å²) in [5, 5.41) is 0. The van der Waals surface area contributed by atoms with Gasteiger partial charge in [-0.1, -0.05) is 0 Å². The Balaban J connectivity index is 2.08. The van der Waals surface area contributed by atoms with Gasteiger partial charge < -0.3 is 23.4 Å². The van der Waals surface area contributed by atoms with Crippen LogP contribution < -0.4 is 29.8 Å². The van der Waals surface area contributed by atoms with Crippen LogP contribution in [0.1, 0.15) is 28.0 Å². The fourth-order valence-electron chi connectivity index (χ4n) is 2.02. The molecule has 140 valence electrons. The highest BCUT2D eigenvalue weighted by atomic mass is 16.6. The van der Waals surface area contributed by atoms with Gasteiger partial charge in [0.05, 0.1) is 27.9 Å². The number of hydrogen-bond donors (Lipinski definition) is 2. The van der Waals surface area contributed by atoms with E-state index in [9.17, 15) is 9.59 Å². The largest absolute Gasteiger partial charge is 0.493 e. The zero-order chi connectivity index (χ0) is 19.1. The predicted octanol–water partition coefficient (Wildman–Crippen LogP) is 1.17. The number of benzene rings is 1. The van der Waals surface area contributed by atoms with Gasteiger partial charge in [-0.2, -0.15) is 0 Å². The van der Waals surface area contributed by atoms with Crippen LogP contribution in [-0.4, -0.2) is 44.7 Å². The summed E-state index contributed by atoms with van der Waals surface area (Å²) in [5.74, 6) is -0.535. The number of hydrogen-bond acceptors (Lipinski definition) is 8. The molecule has 0 atom stereocenters. The molecular formula is C16H19N3O7. The van der Waals surface area contributed by atoms with Gasteiger partial charge in [-0.05, 0) is 19.1 Å². The number of nitrogens with one attached hydrogen (secondary N) is 2. The highest BCUT2D eigenvalue weighted by molar-refractivity contribution is 5.98. The van der Waals surface area contributed by atoms with Crippen LogP contribution in [-0.2, 0) is 0 Å². The molecule has 0 spiro atoms. The predicted molar refractivity (Wildman–Crippen MR) is 88.7 cm³/mol. The molecule has 0 aliphatic heterocycles. The van der Waals surface area contributed by atoms with Crippen molar-refractivity contribution in [3.8, 4) is 23.2 Å². The molecule has 0 radical (unpaired) electrons. The summed E-state index contributed by atoms with van der Waals surface area (Å²) in [4.78, 5) is 28.0. The minimum absolute atomic E-state index is 0.105. The Hall–Kier alpha value is -3.43. The summed E-state index contributed by atoms with van der Waals surface area (Å²) in [6.07, 6.45) is 1.26. The third-order valence-corrected chi connectivity index (χ3v) is 3.18. The highest BCUT2D eigenvalue weighted by Crippen LogP contribution is 2.38. The van der Waals surface area contributed by atoms with E-state index in [1.54, 1.807) is 6.92 Å². The molecular weight excluding hydrogens is 346 g/mol. The van der Waals surface area contributed by atoms with E-state index in [4.69, 9.17) is 23.4 Å². The number of hydrazine groups is 1. The van der Waals surface area contributed by atoms with Crippen LogP contribution in [0, 0.1) is 0 Å². The normalized spacial score (nSPS) is 10.0. The molecule has 0 bridgehead atoms. The average molecular weight is 365 g/mol. The summed E-state index contributed by atoms with van der Waals surface area (Å²) in [7, 11) is 4.31. The van der Waals surface area contributed by atoms with E-state index in [-0.39, 0.29) is 17.4 Å². The molecule has 1 aromatic carbocycles. The van der Waals surface area contributed by atoms with Crippen molar-refractivity contribution in [3.63, 3.8) is 0 Å². The lowest BCUT2D eigenvalue weighted by molar-refractivity contribution is 0.0821. The number of nitrogens with zero attached hydrogens (tertiary/aromatic N) is 1. The van der Waals surface area contributed by atoms with Crippen molar-refractivity contribution in [3.05, 3.63) is 29.8 Å². The highest BCUT2D eigenvalue weighted by Gasteiger charge is 2.19. The number of ether oxygens (including phenoxy) is 4. The zero-order valence-corrected chi connectivity index (χ0v) is 14.7. The van der Waals surface area contributed by atoms with E-state index in [0.29, 0.717) is 23.9 Å². The fraction of sp³-hybridized carbons (Fsp3) is 0.312. The maximum atomic E-state index is 12.3. The maximum absolute atomic E-state index is 12.3. The summed E-state index contributed by atoms with van der Waals surface area (Å²) < 4.78 is 25.7. The zero-order valence-electron chi connectivity index (χ0n) is 14.7. The number of rotatable bonds is 7. The lowest BCUT2D eigenvalue weighted by atomic mass is 10.1. The minimum Gasteiger partial charge on any atom is -0.493 e. The van der Waals surface area contributed by atoms with Crippen LogP contribution in [0.4, 0.5) is 0 Å². The van der Waals surface area contributed by atoms with Crippen molar-refractivity contribution in [1.29, 1.82) is 0 Å². The van der Waals surface area contributed by atoms with E-state index in [1.807, 2.05) is 0 Å². The van der Waals surface area contributed by atoms with Crippen molar-refractivity contribution in [2.75, 3.05) is 27.9 Å². The molecule has 0 aliphatic carbocycles. The molecule has 26 heavy (non-hydrogen) atoms. The second kappa shape index (κ2) is 8.60. The van der Waals surface area contributed by atoms with Gasteiger partial charge in [0, 0.05) is 5.56 Å². The lowest BCUT2D eigenvalue weighted by Gasteiger charge is -2.14. The third-order valence-electron chi connectivity index (χ3n) is 3.18. The molecule has 0 aliphatic rings. The molecule has 2 amide bonds. The van der Waals surface area contributed by atoms with Crippen LogP contribution in [0.25, 0.3) is 0 Å². The first kappa shape index (κ1) is 18.9. The van der Waals surface area contributed by atoms with Gasteiger partial charge in [0.15, 0.2) is 11.5 Å². The Bertz CT molecular complexity index is 763. The number of methoxy groups -OCH3 is 3. The van der Waals surface area contributed by atoms with Crippen LogP contribution in [0.3, 0.4) is 0 Å². The number of oxazole rings is 1. The first-order valence-electron chi connectivity index (χ1n) is 7.53. The van der Waals surface area contributed by atoms with Crippen LogP contribution >= 0.6 is 0 Å². The van der Waals surface area contributed by atoms with E-state index in [2.05, 4.69) is 15.8 Å². The fourth-order valence-corrected chi connectivity index (χ4v) is 2.02. The summed E-state index contributed by atoms with van der Waals surface area (Å²) in [6, 6.07) is 2.89. The number of carbonyl (C=O) groups excluding carboxylic acids is 2. The number of carbonyl (C=O) groups is 2. The second-order valence-corrected chi connectivity index (χ2v) is 4.74. The third kappa shape index (κ3) is 4.15. The molecule has 1 aromatic heterocycles. The summed E-state index contributed by atoms with van der Waals surface area (Å²) >= 11 is 0. The SMILES string of the molecule is CCOc1cnc(C(=O)NNC(=O)c2cc(OC)c(OC)c(OC)c2)o1. The summed E-state index contributed by atoms with van der Waals surface area (Å²) in [6.45, 7) is 2.13. The Labute approximate surface area is 149 Å². The molecule has 2 N–H and O–H groups in total. The average Bonchev–Trinajstić information content (AvgIpc) is 3.13. The minimum atomic E-state index is -0.739. The standard InChI is InChI=1S/C16H19N3O7/c1-5-25-12-8-17-16(26-12)15(21)19-18-14(20)9-6-10(22-2)13(24-4)11(7-9)23-3/h6-8H,5H2,1-4H3,(H,18,20)(H,19,21). The first-order chi connectivity index (χ1) is 12.5. The maximum Gasteiger partial charge on any atom is 0.325 e. The van der Waals surface area contributed by atoms with Crippen molar-refractivity contribution < 1.29 is 33.0 Å². The van der Waals surface area contributed by atoms with Gasteiger partial charge in [0.25, 0.3) is 11.8 Å². The molecule has 0 fully saturated rings. The Morgan fingerprint density at radius 3 is 2.19 bits per heavy atom. The Kier molecular flexibility index (Phi) is 6.25. The second-order valence-electron chi connectivity index (χ2n) is 4.74. The topological polar surface area (TPSA) is 121 Å². The van der Waals surface area contributed by atoms with Gasteiger partial charge in [0.2, 0.25) is 5.75 Å². The van der Waals surface area contributed by atoms with Crippen molar-refractivity contribution in [1.82, 2.24) is 15.8 Å². The molecule has 0 saturated heterocycles. The molecule has 0 unspecified atom stereocenters. The van der Waals surface area contributed by atoms with Gasteiger partial charge in [-0.25, -0.2) is 4.98 Å². The van der Waals surface area contributed by atoms with Gasteiger partial charge in [-0.3, -0.25) is 20.4 Å². The van der Waals surface area contributed by atoms with Gasteiger partial charge in [-0.15, -0.1) is 0 Å². The van der Waals surface area contributed by atoms with E-state index >= 15 is 0 Å². The van der Waals surface area contributed by atoms with E-state index in [1.165, 1.54) is 39.7 Å². The van der Waals surface area contributed by atoms with Crippen LogP contribution in [0.2, 0.25) is 0 Å². The number of amides is 2. The van der Waals surface area contributed by atoms with Gasteiger partial charge >= 0.3 is 11.9 Å². The van der Waals surface area contributed by atoms with E-state index < -0.39 is 11.8 Å². The van der Waals surface area contributed by atoms with E-state index in [0.717, 1.165) is 0 Å². The molecule has 2 rings (SSSR count). The smallest absolute Gasteiger partial charge is 0.325 e. The molecule has 10 heteroatoms. The summed E-state index contributed by atoms with van der Waals surface area (Å²) in [5.41, 5.74) is 4.62. The molecule has 2 aromatic rings. The van der Waals surface area contributed by atoms with Crippen molar-refractivity contribution >= 4 is 11.8 Å². The Morgan fingerprint density at radius 1 is 1.04 bits per heavy atom. The van der Waals surface area contributed by atoms with Gasteiger partial charge in [0.1, 0.15) is 6.20 Å². The van der Waals surface area contributed by atoms with Crippen molar-refractivity contribution in [2.24, 2.45) is 0 Å². The van der Waals surface area contributed by atoms with Crippen LogP contribution in [0.5, 0.6) is 23.2 Å². The monoisotopic (exact) mass is 365 g/mol. The molecule has 1 heterocycles. The van der Waals surface area contributed by atoms with Crippen LogP contribution in [0.15, 0.2) is 22.7 Å². The number of aromatic nitrogens is 1.